The van der Waals surface area contributed by atoms with Crippen molar-refractivity contribution in [3.05, 3.63) is 0 Å². The Bertz CT molecular complexity index is 164. The smallest absolute Gasteiger partial charge is 0.163 e. The summed E-state index contributed by atoms with van der Waals surface area (Å²) in [4.78, 5) is 11.6. The molecule has 0 spiro atoms. The van der Waals surface area contributed by atoms with E-state index in [9.17, 15) is 4.79 Å². The minimum atomic E-state index is -0.207. The van der Waals surface area contributed by atoms with E-state index in [-0.39, 0.29) is 5.54 Å². The molecule has 12 heavy (non-hydrogen) atoms. The second-order valence-corrected chi connectivity index (χ2v) is 4.01. The highest BCUT2D eigenvalue weighted by Crippen LogP contribution is 2.29. The molecule has 0 radical (unpaired) electrons. The maximum Gasteiger partial charge on any atom is 0.163 e. The van der Waals surface area contributed by atoms with E-state index in [2.05, 4.69) is 21.2 Å². The molecule has 70 valence electrons. The van der Waals surface area contributed by atoms with Crippen molar-refractivity contribution in [1.82, 2.24) is 5.32 Å². The van der Waals surface area contributed by atoms with Crippen LogP contribution >= 0.6 is 15.9 Å². The molecule has 1 N–H and O–H groups in total. The minimum absolute atomic E-state index is 0.207. The normalized spacial score (nSPS) is 22.2. The van der Waals surface area contributed by atoms with E-state index >= 15 is 0 Å². The predicted molar refractivity (Wildman–Crippen MR) is 53.7 cm³/mol. The van der Waals surface area contributed by atoms with Gasteiger partial charge in [-0.25, -0.2) is 0 Å². The second-order valence-electron chi connectivity index (χ2n) is 3.45. The summed E-state index contributed by atoms with van der Waals surface area (Å²) < 4.78 is 0. The second kappa shape index (κ2) is 4.38. The van der Waals surface area contributed by atoms with Crippen LogP contribution in [0.15, 0.2) is 0 Å². The van der Waals surface area contributed by atoms with Crippen LogP contribution in [-0.4, -0.2) is 23.7 Å². The van der Waals surface area contributed by atoms with E-state index in [1.165, 1.54) is 19.3 Å². The van der Waals surface area contributed by atoms with Gasteiger partial charge in [-0.15, -0.1) is 0 Å². The molecule has 0 bridgehead atoms. The van der Waals surface area contributed by atoms with Gasteiger partial charge in [-0.05, 0) is 19.9 Å². The van der Waals surface area contributed by atoms with E-state index in [4.69, 9.17) is 0 Å². The number of Topliss-reactive ketones (excluding diaryl/α,β-unsaturated/α-hetero) is 1. The van der Waals surface area contributed by atoms with Crippen LogP contribution in [0.2, 0.25) is 0 Å². The van der Waals surface area contributed by atoms with Gasteiger partial charge in [0, 0.05) is 0 Å². The van der Waals surface area contributed by atoms with E-state index < -0.39 is 0 Å². The summed E-state index contributed by atoms with van der Waals surface area (Å²) in [5.41, 5.74) is -0.207. The molecule has 1 aliphatic carbocycles. The third kappa shape index (κ3) is 1.88. The summed E-state index contributed by atoms with van der Waals surface area (Å²) in [6.45, 7) is 0. The monoisotopic (exact) mass is 233 g/mol. The van der Waals surface area contributed by atoms with Gasteiger partial charge in [0.2, 0.25) is 0 Å². The fourth-order valence-corrected chi connectivity index (χ4v) is 2.49. The molecule has 0 aromatic carbocycles. The summed E-state index contributed by atoms with van der Waals surface area (Å²) in [5.74, 6) is 0.310. The van der Waals surface area contributed by atoms with Crippen molar-refractivity contribution in [2.75, 3.05) is 12.4 Å². The highest BCUT2D eigenvalue weighted by molar-refractivity contribution is 9.09. The first-order chi connectivity index (χ1) is 5.75. The molecule has 1 rings (SSSR count). The third-order valence-corrected chi connectivity index (χ3v) is 3.35. The summed E-state index contributed by atoms with van der Waals surface area (Å²) >= 11 is 3.24. The van der Waals surface area contributed by atoms with Crippen LogP contribution in [0.3, 0.4) is 0 Å². The number of likely N-dealkylation sites (N-methyl/N-ethyl adjacent to an activating group) is 1. The average Bonchev–Trinajstić information content (AvgIpc) is 2.17. The SMILES string of the molecule is CNC1(C(=O)CBr)CCCCC1. The van der Waals surface area contributed by atoms with Gasteiger partial charge in [0.15, 0.2) is 5.78 Å². The molecule has 0 aliphatic heterocycles. The molecule has 0 saturated heterocycles. The maximum absolute atomic E-state index is 11.6. The fourth-order valence-electron chi connectivity index (χ4n) is 1.95. The number of hydrogen-bond acceptors (Lipinski definition) is 2. The number of carbonyl (C=O) groups is 1. The molecule has 1 aliphatic rings. The fraction of sp³-hybridized carbons (Fsp3) is 0.889. The highest BCUT2D eigenvalue weighted by Gasteiger charge is 2.36. The quantitative estimate of drug-likeness (QED) is 0.755. The number of hydrogen-bond donors (Lipinski definition) is 1. The molecule has 0 aromatic heterocycles. The van der Waals surface area contributed by atoms with Crippen molar-refractivity contribution in [3.8, 4) is 0 Å². The summed E-state index contributed by atoms with van der Waals surface area (Å²) in [6.07, 6.45) is 5.65. The maximum atomic E-state index is 11.6. The number of carbonyl (C=O) groups excluding carboxylic acids is 1. The zero-order chi connectivity index (χ0) is 9.03. The summed E-state index contributed by atoms with van der Waals surface area (Å²) in [5, 5.41) is 3.67. The first-order valence-corrected chi connectivity index (χ1v) is 5.65. The lowest BCUT2D eigenvalue weighted by Crippen LogP contribution is -2.52. The van der Waals surface area contributed by atoms with Crippen molar-refractivity contribution in [3.63, 3.8) is 0 Å². The summed E-state index contributed by atoms with van der Waals surface area (Å²) in [7, 11) is 1.89. The van der Waals surface area contributed by atoms with Crippen molar-refractivity contribution in [2.45, 2.75) is 37.6 Å². The first-order valence-electron chi connectivity index (χ1n) is 4.53. The van der Waals surface area contributed by atoms with Gasteiger partial charge in [-0.1, -0.05) is 35.2 Å². The van der Waals surface area contributed by atoms with E-state index in [1.807, 2.05) is 7.05 Å². The Hall–Kier alpha value is 0.110. The van der Waals surface area contributed by atoms with Gasteiger partial charge in [-0.2, -0.15) is 0 Å². The molecule has 3 heteroatoms. The molecule has 0 unspecified atom stereocenters. The van der Waals surface area contributed by atoms with Gasteiger partial charge >= 0.3 is 0 Å². The van der Waals surface area contributed by atoms with Crippen molar-refractivity contribution >= 4 is 21.7 Å². The molecule has 1 fully saturated rings. The average molecular weight is 234 g/mol. The number of rotatable bonds is 3. The van der Waals surface area contributed by atoms with Crippen molar-refractivity contribution < 1.29 is 4.79 Å². The van der Waals surface area contributed by atoms with Gasteiger partial charge in [-0.3, -0.25) is 4.79 Å². The zero-order valence-corrected chi connectivity index (χ0v) is 9.11. The van der Waals surface area contributed by atoms with Crippen LogP contribution in [0.5, 0.6) is 0 Å². The standard InChI is InChI=1S/C9H16BrNO/c1-11-9(8(12)7-10)5-3-2-4-6-9/h11H,2-7H2,1H3. The van der Waals surface area contributed by atoms with Crippen molar-refractivity contribution in [1.29, 1.82) is 0 Å². The molecule has 1 saturated carbocycles. The molecular formula is C9H16BrNO. The molecule has 0 amide bonds. The number of alkyl halides is 1. The van der Waals surface area contributed by atoms with Crippen LogP contribution in [0.4, 0.5) is 0 Å². The molecular weight excluding hydrogens is 218 g/mol. The van der Waals surface area contributed by atoms with E-state index in [0.29, 0.717) is 11.1 Å². The van der Waals surface area contributed by atoms with Gasteiger partial charge in [0.25, 0.3) is 0 Å². The molecule has 2 nitrogen and oxygen atoms in total. The lowest BCUT2D eigenvalue weighted by atomic mass is 9.79. The minimum Gasteiger partial charge on any atom is -0.308 e. The Labute approximate surface area is 82.2 Å². The lowest BCUT2D eigenvalue weighted by molar-refractivity contribution is -0.123. The predicted octanol–water partition coefficient (Wildman–Crippen LogP) is 1.87. The van der Waals surface area contributed by atoms with Crippen LogP contribution in [0.1, 0.15) is 32.1 Å². The Kier molecular flexibility index (Phi) is 3.72. The Morgan fingerprint density at radius 3 is 2.42 bits per heavy atom. The number of ketones is 1. The van der Waals surface area contributed by atoms with Gasteiger partial charge < -0.3 is 5.32 Å². The number of halogens is 1. The zero-order valence-electron chi connectivity index (χ0n) is 7.53. The van der Waals surface area contributed by atoms with Crippen LogP contribution in [-0.2, 0) is 4.79 Å². The van der Waals surface area contributed by atoms with Gasteiger partial charge in [0.1, 0.15) is 0 Å². The Morgan fingerprint density at radius 1 is 1.42 bits per heavy atom. The van der Waals surface area contributed by atoms with E-state index in [1.54, 1.807) is 0 Å². The third-order valence-electron chi connectivity index (χ3n) is 2.84. The highest BCUT2D eigenvalue weighted by atomic mass is 79.9. The lowest BCUT2D eigenvalue weighted by Gasteiger charge is -2.35. The van der Waals surface area contributed by atoms with Crippen molar-refractivity contribution in [2.24, 2.45) is 0 Å². The topological polar surface area (TPSA) is 29.1 Å². The number of nitrogens with one attached hydrogen (secondary N) is 1. The van der Waals surface area contributed by atoms with E-state index in [0.717, 1.165) is 12.8 Å². The Morgan fingerprint density at radius 2 is 2.00 bits per heavy atom. The summed E-state index contributed by atoms with van der Waals surface area (Å²) in [6, 6.07) is 0. The van der Waals surface area contributed by atoms with Crippen LogP contribution in [0, 0.1) is 0 Å². The largest absolute Gasteiger partial charge is 0.308 e. The van der Waals surface area contributed by atoms with Gasteiger partial charge in [0.05, 0.1) is 10.9 Å². The first kappa shape index (κ1) is 10.2. The Balaban J connectivity index is 2.66. The van der Waals surface area contributed by atoms with Crippen LogP contribution < -0.4 is 5.32 Å². The molecule has 0 atom stereocenters. The van der Waals surface area contributed by atoms with Crippen LogP contribution in [0.25, 0.3) is 0 Å². The molecule has 0 aromatic rings. The molecule has 0 heterocycles.